The van der Waals surface area contributed by atoms with Gasteiger partial charge in [-0.2, -0.15) is 0 Å². The summed E-state index contributed by atoms with van der Waals surface area (Å²) in [4.78, 5) is 35.4. The summed E-state index contributed by atoms with van der Waals surface area (Å²) in [6.07, 6.45) is 99.5. The Morgan fingerprint density at radius 2 is 0.625 bits per heavy atom. The molecule has 0 heterocycles. The summed E-state index contributed by atoms with van der Waals surface area (Å²) in [7, 11) is -4.40. The lowest BCUT2D eigenvalue weighted by Crippen LogP contribution is -2.29. The molecule has 0 rings (SSSR count). The largest absolute Gasteiger partial charge is 0.472 e. The van der Waals surface area contributed by atoms with Crippen LogP contribution in [0.2, 0.25) is 0 Å². The predicted molar refractivity (Wildman–Crippen MR) is 381 cm³/mol. The Balaban J connectivity index is 3.83. The minimum atomic E-state index is -4.40. The minimum absolute atomic E-state index is 0.0531. The molecule has 0 amide bonds. The quantitative estimate of drug-likeness (QED) is 0.0264. The molecule has 0 fully saturated rings. The Labute approximate surface area is 544 Å². The van der Waals surface area contributed by atoms with E-state index in [0.29, 0.717) is 6.42 Å². The van der Waals surface area contributed by atoms with Crippen LogP contribution in [0.5, 0.6) is 0 Å². The number of ether oxygens (including phenoxy) is 2. The van der Waals surface area contributed by atoms with Crippen LogP contribution in [0.3, 0.4) is 0 Å². The Morgan fingerprint density at radius 1 is 0.352 bits per heavy atom. The van der Waals surface area contributed by atoms with E-state index in [-0.39, 0.29) is 38.6 Å². The molecule has 2 unspecified atom stereocenters. The van der Waals surface area contributed by atoms with E-state index in [1.165, 1.54) is 231 Å². The molecular weight excluding hydrogens is 1110 g/mol. The van der Waals surface area contributed by atoms with Gasteiger partial charge in [-0.3, -0.25) is 18.6 Å². The van der Waals surface area contributed by atoms with Crippen LogP contribution in [0.15, 0.2) is 97.2 Å². The SMILES string of the molecule is CC/C=C\C/C=C\C/C=C\C/C=C\C/C=C\C/C=C\C/C=C\C/C=C\CCCCCCCCCCCCCCCCCCC(=O)OC(COC(=O)CCCCCCCCCCCCCCCCCCCCCCCCCCCC)COP(=O)(O)OCCN. The van der Waals surface area contributed by atoms with E-state index in [2.05, 4.69) is 111 Å². The standard InChI is InChI=1S/C78H140NO8P/c1-3-5-7-9-11-13-15-17-19-21-23-25-27-29-31-32-33-34-35-36-37-38-39-40-41-42-43-44-45-47-49-51-53-55-57-59-61-63-65-67-69-71-78(81)87-76(75-86-88(82,83)85-73-72-79)74-84-77(80)70-68-66-64-62-60-58-56-54-52-50-48-46-30-28-26-24-22-20-18-16-14-12-10-8-6-4-2/h5,7,11,13,17,19,23,25,29,31,33-34,36-37,39-40,76H,3-4,6,8-10,12,14-16,18,20-22,24,26-28,30,32,35,38,41-75,79H2,1-2H3,(H,82,83)/b7-5-,13-11-,19-17-,25-23-,31-29-,34-33-,37-36-,40-39-. The third-order valence-electron chi connectivity index (χ3n) is 16.2. The summed E-state index contributed by atoms with van der Waals surface area (Å²) in [6, 6.07) is 0. The van der Waals surface area contributed by atoms with Crippen LogP contribution in [-0.2, 0) is 32.7 Å². The van der Waals surface area contributed by atoms with Crippen LogP contribution in [0.25, 0.3) is 0 Å². The molecule has 9 nitrogen and oxygen atoms in total. The lowest BCUT2D eigenvalue weighted by Gasteiger charge is -2.19. The molecule has 0 aliphatic rings. The van der Waals surface area contributed by atoms with Gasteiger partial charge >= 0.3 is 19.8 Å². The fraction of sp³-hybridized carbons (Fsp3) is 0.769. The molecule has 0 aromatic rings. The van der Waals surface area contributed by atoms with E-state index in [4.69, 9.17) is 24.3 Å². The normalized spacial score (nSPS) is 13.5. The monoisotopic (exact) mass is 1250 g/mol. The third-order valence-corrected chi connectivity index (χ3v) is 17.2. The topological polar surface area (TPSA) is 134 Å². The van der Waals surface area contributed by atoms with E-state index < -0.39 is 26.5 Å². The van der Waals surface area contributed by atoms with Crippen molar-refractivity contribution in [2.24, 2.45) is 5.73 Å². The van der Waals surface area contributed by atoms with Gasteiger partial charge < -0.3 is 20.1 Å². The average molecular weight is 1250 g/mol. The summed E-state index contributed by atoms with van der Waals surface area (Å²) in [5, 5.41) is 0. The zero-order chi connectivity index (χ0) is 63.7. The number of nitrogens with two attached hydrogens (primary N) is 1. The fourth-order valence-corrected chi connectivity index (χ4v) is 11.5. The number of phosphoric ester groups is 1. The molecule has 0 aromatic carbocycles. The zero-order valence-corrected chi connectivity index (χ0v) is 58.3. The molecule has 3 N–H and O–H groups in total. The molecule has 0 bridgehead atoms. The van der Waals surface area contributed by atoms with Crippen molar-refractivity contribution in [3.8, 4) is 0 Å². The highest BCUT2D eigenvalue weighted by Crippen LogP contribution is 2.43. The second-order valence-electron chi connectivity index (χ2n) is 24.8. The van der Waals surface area contributed by atoms with Crippen molar-refractivity contribution in [1.29, 1.82) is 0 Å². The number of allylic oxidation sites excluding steroid dienone is 16. The summed E-state index contributed by atoms with van der Waals surface area (Å²) < 4.78 is 33.2. The predicted octanol–water partition coefficient (Wildman–Crippen LogP) is 24.7. The number of hydrogen-bond donors (Lipinski definition) is 2. The van der Waals surface area contributed by atoms with Gasteiger partial charge in [0.1, 0.15) is 6.61 Å². The maximum atomic E-state index is 12.8. The van der Waals surface area contributed by atoms with Gasteiger partial charge in [0.15, 0.2) is 6.10 Å². The lowest BCUT2D eigenvalue weighted by atomic mass is 10.0. The molecule has 0 aliphatic heterocycles. The summed E-state index contributed by atoms with van der Waals surface area (Å²) in [6.45, 7) is 3.69. The third kappa shape index (κ3) is 72.0. The van der Waals surface area contributed by atoms with Gasteiger partial charge in [0.05, 0.1) is 13.2 Å². The molecule has 0 spiro atoms. The Kier molecular flexibility index (Phi) is 70.4. The Morgan fingerprint density at radius 3 is 0.932 bits per heavy atom. The van der Waals surface area contributed by atoms with Gasteiger partial charge in [0, 0.05) is 19.4 Å². The van der Waals surface area contributed by atoms with Crippen LogP contribution in [0, 0.1) is 0 Å². The van der Waals surface area contributed by atoms with E-state index >= 15 is 0 Å². The molecule has 88 heavy (non-hydrogen) atoms. The van der Waals surface area contributed by atoms with Crippen molar-refractivity contribution in [2.75, 3.05) is 26.4 Å². The second-order valence-corrected chi connectivity index (χ2v) is 26.2. The van der Waals surface area contributed by atoms with Crippen LogP contribution in [-0.4, -0.2) is 49.3 Å². The van der Waals surface area contributed by atoms with Gasteiger partial charge in [-0.15, -0.1) is 0 Å². The number of unbranched alkanes of at least 4 members (excludes halogenated alkanes) is 41. The fourth-order valence-electron chi connectivity index (χ4n) is 10.8. The number of carbonyl (C=O) groups excluding carboxylic acids is 2. The molecule has 0 radical (unpaired) electrons. The molecule has 2 atom stereocenters. The number of carbonyl (C=O) groups is 2. The first-order valence-electron chi connectivity index (χ1n) is 37.2. The minimum Gasteiger partial charge on any atom is -0.462 e. The summed E-state index contributed by atoms with van der Waals surface area (Å²) in [5.41, 5.74) is 5.41. The molecule has 10 heteroatoms. The van der Waals surface area contributed by atoms with Gasteiger partial charge in [-0.25, -0.2) is 4.57 Å². The highest BCUT2D eigenvalue weighted by atomic mass is 31.2. The van der Waals surface area contributed by atoms with Gasteiger partial charge in [-0.1, -0.05) is 361 Å². The van der Waals surface area contributed by atoms with Crippen molar-refractivity contribution in [3.63, 3.8) is 0 Å². The Bertz CT molecular complexity index is 1770. The lowest BCUT2D eigenvalue weighted by molar-refractivity contribution is -0.161. The first-order chi connectivity index (χ1) is 43.3. The molecule has 0 saturated heterocycles. The Hall–Kier alpha value is -3.07. The smallest absolute Gasteiger partial charge is 0.462 e. The first-order valence-corrected chi connectivity index (χ1v) is 38.7. The number of hydrogen-bond acceptors (Lipinski definition) is 8. The van der Waals surface area contributed by atoms with E-state index in [1.807, 2.05) is 0 Å². The van der Waals surface area contributed by atoms with Gasteiger partial charge in [0.2, 0.25) is 0 Å². The highest BCUT2D eigenvalue weighted by Gasteiger charge is 2.26. The number of esters is 2. The van der Waals surface area contributed by atoms with Crippen LogP contribution < -0.4 is 5.73 Å². The molecular formula is C78H140NO8P. The van der Waals surface area contributed by atoms with Crippen molar-refractivity contribution in [3.05, 3.63) is 97.2 Å². The van der Waals surface area contributed by atoms with Crippen LogP contribution in [0.1, 0.15) is 354 Å². The highest BCUT2D eigenvalue weighted by molar-refractivity contribution is 7.47. The summed E-state index contributed by atoms with van der Waals surface area (Å²) in [5.74, 6) is -0.811. The summed E-state index contributed by atoms with van der Waals surface area (Å²) >= 11 is 0. The van der Waals surface area contributed by atoms with E-state index in [0.717, 1.165) is 89.9 Å². The van der Waals surface area contributed by atoms with Crippen molar-refractivity contribution in [1.82, 2.24) is 0 Å². The maximum Gasteiger partial charge on any atom is 0.472 e. The van der Waals surface area contributed by atoms with Crippen molar-refractivity contribution >= 4 is 19.8 Å². The van der Waals surface area contributed by atoms with Gasteiger partial charge in [-0.05, 0) is 77.0 Å². The number of phosphoric acid groups is 1. The number of rotatable bonds is 70. The maximum absolute atomic E-state index is 12.8. The second kappa shape index (κ2) is 73.0. The molecule has 510 valence electrons. The average Bonchev–Trinajstić information content (AvgIpc) is 3.52. The van der Waals surface area contributed by atoms with Crippen LogP contribution >= 0.6 is 7.82 Å². The van der Waals surface area contributed by atoms with E-state index in [1.54, 1.807) is 0 Å². The molecule has 0 aliphatic carbocycles. The zero-order valence-electron chi connectivity index (χ0n) is 57.4. The van der Waals surface area contributed by atoms with E-state index in [9.17, 15) is 19.0 Å². The van der Waals surface area contributed by atoms with Crippen molar-refractivity contribution in [2.45, 2.75) is 360 Å². The van der Waals surface area contributed by atoms with Crippen LogP contribution in [0.4, 0.5) is 0 Å². The van der Waals surface area contributed by atoms with Crippen molar-refractivity contribution < 1.29 is 37.6 Å². The molecule has 0 aromatic heterocycles. The van der Waals surface area contributed by atoms with Gasteiger partial charge in [0.25, 0.3) is 0 Å². The molecule has 0 saturated carbocycles. The first kappa shape index (κ1) is 84.9.